The fraction of sp³-hybridized carbons (Fsp3) is 0.133. The minimum Gasteiger partial charge on any atom is -0.397 e. The molecule has 22 heavy (non-hydrogen) atoms. The van der Waals surface area contributed by atoms with Crippen LogP contribution in [0.4, 0.5) is 11.5 Å². The number of aromatic nitrogens is 2. The first kappa shape index (κ1) is 14.9. The summed E-state index contributed by atoms with van der Waals surface area (Å²) in [6.07, 6.45) is 1.62. The number of hydrogen-bond acceptors (Lipinski definition) is 5. The molecule has 7 heteroatoms. The normalized spacial score (nSPS) is 10.9. The maximum Gasteiger partial charge on any atom is 0.269 e. The molecule has 0 aromatic carbocycles. The second-order valence-electron chi connectivity index (χ2n) is 4.92. The molecule has 0 aliphatic rings. The van der Waals surface area contributed by atoms with Crippen LogP contribution in [-0.4, -0.2) is 15.9 Å². The molecule has 0 bridgehead atoms. The lowest BCUT2D eigenvalue weighted by molar-refractivity contribution is 0.103. The molecule has 0 aliphatic heterocycles. The summed E-state index contributed by atoms with van der Waals surface area (Å²) in [5, 5.41) is 3.60. The van der Waals surface area contributed by atoms with E-state index >= 15 is 0 Å². The Balaban J connectivity index is 1.99. The van der Waals surface area contributed by atoms with Gasteiger partial charge in [-0.2, -0.15) is 0 Å². The number of rotatable bonds is 2. The molecule has 1 amide bonds. The second kappa shape index (κ2) is 5.66. The van der Waals surface area contributed by atoms with Crippen LogP contribution in [0.3, 0.4) is 0 Å². The minimum atomic E-state index is -0.271. The van der Waals surface area contributed by atoms with Gasteiger partial charge >= 0.3 is 0 Å². The highest BCUT2D eigenvalue weighted by atomic mass is 79.9. The third-order valence-electron chi connectivity index (χ3n) is 3.20. The fourth-order valence-electron chi connectivity index (χ4n) is 2.26. The van der Waals surface area contributed by atoms with Gasteiger partial charge in [-0.15, -0.1) is 11.3 Å². The largest absolute Gasteiger partial charge is 0.397 e. The molecule has 0 radical (unpaired) electrons. The molecule has 0 aliphatic carbocycles. The van der Waals surface area contributed by atoms with Crippen LogP contribution in [-0.2, 0) is 0 Å². The molecule has 3 rings (SSSR count). The van der Waals surface area contributed by atoms with Crippen molar-refractivity contribution in [3.63, 3.8) is 0 Å². The van der Waals surface area contributed by atoms with Gasteiger partial charge in [0.1, 0.15) is 15.5 Å². The lowest BCUT2D eigenvalue weighted by Gasteiger charge is -2.03. The Morgan fingerprint density at radius 3 is 2.82 bits per heavy atom. The molecule has 0 atom stereocenters. The Morgan fingerprint density at radius 2 is 2.14 bits per heavy atom. The smallest absolute Gasteiger partial charge is 0.269 e. The Labute approximate surface area is 139 Å². The number of hydrogen-bond donors (Lipinski definition) is 2. The topological polar surface area (TPSA) is 80.9 Å². The number of anilines is 2. The number of halogens is 1. The van der Waals surface area contributed by atoms with Gasteiger partial charge in [0.2, 0.25) is 0 Å². The van der Waals surface area contributed by atoms with Crippen molar-refractivity contribution in [1.82, 2.24) is 9.97 Å². The average molecular weight is 377 g/mol. The molecule has 3 aromatic rings. The summed E-state index contributed by atoms with van der Waals surface area (Å²) in [6, 6.07) is 5.49. The molecule has 0 saturated heterocycles. The van der Waals surface area contributed by atoms with Crippen molar-refractivity contribution >= 4 is 54.9 Å². The number of carbonyl (C=O) groups is 1. The molecular formula is C15H13BrN4OS. The van der Waals surface area contributed by atoms with Crippen LogP contribution in [0.15, 0.2) is 28.9 Å². The van der Waals surface area contributed by atoms with Gasteiger partial charge in [0, 0.05) is 21.7 Å². The van der Waals surface area contributed by atoms with E-state index in [1.807, 2.05) is 26.0 Å². The first-order chi connectivity index (χ1) is 10.5. The summed E-state index contributed by atoms with van der Waals surface area (Å²) in [6.45, 7) is 3.89. The van der Waals surface area contributed by atoms with Crippen LogP contribution >= 0.6 is 27.3 Å². The van der Waals surface area contributed by atoms with Crippen LogP contribution in [0, 0.1) is 13.8 Å². The molecule has 3 heterocycles. The quantitative estimate of drug-likeness (QED) is 0.710. The third-order valence-corrected chi connectivity index (χ3v) is 4.77. The number of carbonyl (C=O) groups excluding carboxylic acids is 1. The predicted octanol–water partition coefficient (Wildman–Crippen LogP) is 3.91. The molecule has 3 N–H and O–H groups in total. The number of nitrogen functional groups attached to an aromatic ring is 1. The second-order valence-corrected chi connectivity index (χ2v) is 6.84. The Morgan fingerprint density at radius 1 is 1.36 bits per heavy atom. The van der Waals surface area contributed by atoms with Crippen LogP contribution in [0.2, 0.25) is 0 Å². The summed E-state index contributed by atoms with van der Waals surface area (Å²) < 4.78 is 0.849. The van der Waals surface area contributed by atoms with E-state index in [0.717, 1.165) is 25.9 Å². The van der Waals surface area contributed by atoms with Crippen LogP contribution in [0.25, 0.3) is 10.2 Å². The highest BCUT2D eigenvalue weighted by Crippen LogP contribution is 2.35. The summed E-state index contributed by atoms with van der Waals surface area (Å²) >= 11 is 4.60. The van der Waals surface area contributed by atoms with Gasteiger partial charge in [-0.1, -0.05) is 0 Å². The van der Waals surface area contributed by atoms with Crippen molar-refractivity contribution in [2.75, 3.05) is 11.1 Å². The van der Waals surface area contributed by atoms with E-state index in [2.05, 4.69) is 31.2 Å². The van der Waals surface area contributed by atoms with E-state index in [0.29, 0.717) is 16.4 Å². The number of amides is 1. The highest BCUT2D eigenvalue weighted by molar-refractivity contribution is 9.10. The van der Waals surface area contributed by atoms with E-state index in [4.69, 9.17) is 5.73 Å². The standard InChI is InChI=1S/C15H13BrN4OS/c1-7-5-8(2)19-15-11(7)12(17)13(22-15)14(21)20-10-4-3-9(16)6-18-10/h3-6H,17H2,1-2H3,(H,18,20,21). The summed E-state index contributed by atoms with van der Waals surface area (Å²) in [5.74, 6) is 0.207. The molecule has 5 nitrogen and oxygen atoms in total. The summed E-state index contributed by atoms with van der Waals surface area (Å²) in [4.78, 5) is 22.3. The SMILES string of the molecule is Cc1cc(C)c2c(N)c(C(=O)Nc3ccc(Br)cn3)sc2n1. The van der Waals surface area contributed by atoms with Gasteiger partial charge in [0.05, 0.1) is 5.69 Å². The monoisotopic (exact) mass is 376 g/mol. The molecule has 0 unspecified atom stereocenters. The first-order valence-corrected chi connectivity index (χ1v) is 8.16. The third kappa shape index (κ3) is 2.69. The Kier molecular flexibility index (Phi) is 3.84. The van der Waals surface area contributed by atoms with Gasteiger partial charge in [0.15, 0.2) is 0 Å². The number of fused-ring (bicyclic) bond motifs is 1. The number of pyridine rings is 2. The summed E-state index contributed by atoms with van der Waals surface area (Å²) in [5.41, 5.74) is 8.56. The zero-order chi connectivity index (χ0) is 15.9. The van der Waals surface area contributed by atoms with Gasteiger partial charge < -0.3 is 11.1 Å². The van der Waals surface area contributed by atoms with Crippen molar-refractivity contribution < 1.29 is 4.79 Å². The van der Waals surface area contributed by atoms with E-state index in [-0.39, 0.29) is 5.91 Å². The number of thiophene rings is 1. The van der Waals surface area contributed by atoms with Crippen LogP contribution in [0.1, 0.15) is 20.9 Å². The number of nitrogens with zero attached hydrogens (tertiary/aromatic N) is 2. The Bertz CT molecular complexity index is 873. The molecule has 3 aromatic heterocycles. The van der Waals surface area contributed by atoms with Crippen LogP contribution in [0.5, 0.6) is 0 Å². The summed E-state index contributed by atoms with van der Waals surface area (Å²) in [7, 11) is 0. The van der Waals surface area contributed by atoms with Crippen molar-refractivity contribution in [2.24, 2.45) is 0 Å². The van der Waals surface area contributed by atoms with Gasteiger partial charge in [-0.3, -0.25) is 4.79 Å². The van der Waals surface area contributed by atoms with Gasteiger partial charge in [-0.05, 0) is 53.5 Å². The first-order valence-electron chi connectivity index (χ1n) is 6.55. The molecule has 0 saturated carbocycles. The fourth-order valence-corrected chi connectivity index (χ4v) is 3.61. The van der Waals surface area contributed by atoms with Crippen molar-refractivity contribution in [1.29, 1.82) is 0 Å². The van der Waals surface area contributed by atoms with E-state index in [9.17, 15) is 4.79 Å². The molecule has 112 valence electrons. The van der Waals surface area contributed by atoms with Gasteiger partial charge in [-0.25, -0.2) is 9.97 Å². The molecular weight excluding hydrogens is 364 g/mol. The lowest BCUT2D eigenvalue weighted by Crippen LogP contribution is -2.12. The maximum absolute atomic E-state index is 12.4. The predicted molar refractivity (Wildman–Crippen MR) is 93.4 cm³/mol. The van der Waals surface area contributed by atoms with E-state index < -0.39 is 0 Å². The van der Waals surface area contributed by atoms with E-state index in [1.165, 1.54) is 11.3 Å². The van der Waals surface area contributed by atoms with Crippen molar-refractivity contribution in [3.8, 4) is 0 Å². The highest BCUT2D eigenvalue weighted by Gasteiger charge is 2.19. The van der Waals surface area contributed by atoms with Crippen LogP contribution < -0.4 is 11.1 Å². The Hall–Kier alpha value is -1.99. The molecule has 0 spiro atoms. The van der Waals surface area contributed by atoms with E-state index in [1.54, 1.807) is 12.3 Å². The zero-order valence-corrected chi connectivity index (χ0v) is 14.4. The zero-order valence-electron chi connectivity index (χ0n) is 12.0. The number of nitrogens with one attached hydrogen (secondary N) is 1. The van der Waals surface area contributed by atoms with Crippen molar-refractivity contribution in [2.45, 2.75) is 13.8 Å². The number of nitrogens with two attached hydrogens (primary N) is 1. The molecule has 0 fully saturated rings. The maximum atomic E-state index is 12.4. The average Bonchev–Trinajstić information content (AvgIpc) is 2.78. The van der Waals surface area contributed by atoms with Gasteiger partial charge in [0.25, 0.3) is 5.91 Å². The number of aryl methyl sites for hydroxylation is 2. The van der Waals surface area contributed by atoms with Crippen molar-refractivity contribution in [3.05, 3.63) is 45.0 Å². The minimum absolute atomic E-state index is 0.271. The lowest BCUT2D eigenvalue weighted by atomic mass is 10.1.